The van der Waals surface area contributed by atoms with Gasteiger partial charge in [-0.3, -0.25) is 9.00 Å². The zero-order valence-electron chi connectivity index (χ0n) is 34.4. The van der Waals surface area contributed by atoms with E-state index < -0.39 is 15.5 Å². The van der Waals surface area contributed by atoms with Crippen molar-refractivity contribution in [1.29, 1.82) is 0 Å². The Kier molecular flexibility index (Phi) is 10.5. The van der Waals surface area contributed by atoms with Crippen molar-refractivity contribution in [3.8, 4) is 0 Å². The van der Waals surface area contributed by atoms with Gasteiger partial charge in [-0.2, -0.15) is 0 Å². The van der Waals surface area contributed by atoms with E-state index in [1.54, 1.807) is 12.1 Å². The Labute approximate surface area is 327 Å². The molecule has 0 amide bonds. The number of carbonyl (C=O) groups is 2. The maximum absolute atomic E-state index is 13.4. The standard InChI is InChI=1S/C48H69NO4S/c1-33(2)37-19-25-48(24-18-36(50)11-9-10-28-49-29-31-54(8,53)32-30-49)27-26-46(6)39(42(37)48)16-17-41-45(5)22-20-38(34-12-14-35(15-13-34)43(51)52)44(3,4)40(45)21-23-47(41,46)7/h12-15,18,20,24,37,39-42H,1,8-11,16-17,19,21-23,25-32H2,2-7H3,(H,51,52)/b24-18+/t37-,39+,40-,41+,42+,45-,46+,47+,48+/m0/s1. The molecule has 296 valence electrons. The molecule has 0 unspecified atom stereocenters. The van der Waals surface area contributed by atoms with Crippen molar-refractivity contribution in [2.24, 2.45) is 56.7 Å². The molecule has 1 saturated heterocycles. The van der Waals surface area contributed by atoms with Crippen LogP contribution in [0.1, 0.15) is 135 Å². The van der Waals surface area contributed by atoms with Crippen LogP contribution in [-0.4, -0.2) is 63.0 Å². The van der Waals surface area contributed by atoms with Crippen molar-refractivity contribution in [2.45, 2.75) is 119 Å². The quantitative estimate of drug-likeness (QED) is 0.111. The highest BCUT2D eigenvalue weighted by molar-refractivity contribution is 8.00. The molecule has 0 bridgehead atoms. The minimum Gasteiger partial charge on any atom is -0.478 e. The van der Waals surface area contributed by atoms with Crippen LogP contribution in [0.3, 0.4) is 0 Å². The Morgan fingerprint density at radius 1 is 0.907 bits per heavy atom. The maximum Gasteiger partial charge on any atom is 0.335 e. The van der Waals surface area contributed by atoms with Gasteiger partial charge in [0.05, 0.1) is 5.56 Å². The zero-order chi connectivity index (χ0) is 38.9. The molecule has 4 saturated carbocycles. The maximum atomic E-state index is 13.4. The number of allylic oxidation sites excluding steroid dienone is 5. The van der Waals surface area contributed by atoms with Gasteiger partial charge in [-0.15, -0.1) is 0 Å². The number of carboxylic acids is 1. The Bertz CT molecular complexity index is 1810. The first-order valence-electron chi connectivity index (χ1n) is 21.3. The second-order valence-corrected chi connectivity index (χ2v) is 23.1. The van der Waals surface area contributed by atoms with E-state index in [-0.39, 0.29) is 32.9 Å². The number of hydrogen-bond donors (Lipinski definition) is 1. The SMILES string of the molecule is C=C(C)[C@@H]1CC[C@]2(/C=C/C(=O)CCCCN3CCS(=C)(=O)CC3)CC[C@]3(C)[C@H](CC[C@@H]4[C@@]5(C)CC=C(c6ccc(C(=O)O)cc6)C(C)(C)[C@@H]5CC[C@]43C)[C@@H]12. The van der Waals surface area contributed by atoms with Gasteiger partial charge in [0.2, 0.25) is 0 Å². The van der Waals surface area contributed by atoms with Crippen LogP contribution in [-0.2, 0) is 14.3 Å². The summed E-state index contributed by atoms with van der Waals surface area (Å²) in [6.45, 7) is 22.5. The minimum atomic E-state index is -1.87. The van der Waals surface area contributed by atoms with Crippen LogP contribution >= 0.6 is 0 Å². The lowest BCUT2D eigenvalue weighted by Crippen LogP contribution is -2.65. The van der Waals surface area contributed by atoms with Gasteiger partial charge in [0.15, 0.2) is 5.78 Å². The summed E-state index contributed by atoms with van der Waals surface area (Å²) in [5, 5.41) is 9.51. The van der Waals surface area contributed by atoms with E-state index in [9.17, 15) is 18.9 Å². The summed E-state index contributed by atoms with van der Waals surface area (Å²) < 4.78 is 12.2. The minimum absolute atomic E-state index is 0.00174. The Hall–Kier alpha value is -2.44. The van der Waals surface area contributed by atoms with Crippen molar-refractivity contribution in [3.63, 3.8) is 0 Å². The van der Waals surface area contributed by atoms with Gasteiger partial charge in [-0.25, -0.2) is 4.79 Å². The normalized spacial score (nSPS) is 39.8. The van der Waals surface area contributed by atoms with Crippen LogP contribution in [0.4, 0.5) is 0 Å². The molecule has 54 heavy (non-hydrogen) atoms. The molecule has 1 aromatic carbocycles. The molecule has 7 rings (SSSR count). The lowest BCUT2D eigenvalue weighted by molar-refractivity contribution is -0.221. The van der Waals surface area contributed by atoms with E-state index in [4.69, 9.17) is 0 Å². The molecule has 5 aliphatic carbocycles. The molecular weight excluding hydrogens is 687 g/mol. The summed E-state index contributed by atoms with van der Waals surface area (Å²) in [5.41, 5.74) is 5.03. The molecule has 0 spiro atoms. The fraction of sp³-hybridized carbons (Fsp3) is 0.688. The largest absolute Gasteiger partial charge is 0.478 e. The van der Waals surface area contributed by atoms with E-state index >= 15 is 0 Å². The summed E-state index contributed by atoms with van der Waals surface area (Å²) in [7, 11) is -1.87. The monoisotopic (exact) mass is 755 g/mol. The molecule has 9 atom stereocenters. The Morgan fingerprint density at radius 3 is 2.28 bits per heavy atom. The number of aromatic carboxylic acids is 1. The number of nitrogens with zero attached hydrogens (tertiary/aromatic N) is 1. The van der Waals surface area contributed by atoms with Gasteiger partial charge in [0, 0.05) is 31.0 Å². The molecule has 6 aliphatic rings. The second kappa shape index (κ2) is 14.2. The number of fused-ring (bicyclic) bond motifs is 7. The highest BCUT2D eigenvalue weighted by Crippen LogP contribution is 2.78. The third kappa shape index (κ3) is 6.55. The number of hydrogen-bond acceptors (Lipinski definition) is 4. The molecule has 0 aromatic heterocycles. The predicted molar refractivity (Wildman–Crippen MR) is 225 cm³/mol. The summed E-state index contributed by atoms with van der Waals surface area (Å²) in [5.74, 6) is 7.62. The lowest BCUT2D eigenvalue weighted by Gasteiger charge is -2.72. The molecule has 5 fully saturated rings. The summed E-state index contributed by atoms with van der Waals surface area (Å²) >= 11 is 0. The van der Waals surface area contributed by atoms with Crippen LogP contribution in [0.5, 0.6) is 0 Å². The molecule has 1 aromatic rings. The van der Waals surface area contributed by atoms with Gasteiger partial charge >= 0.3 is 5.97 Å². The van der Waals surface area contributed by atoms with Crippen LogP contribution in [0.25, 0.3) is 5.57 Å². The predicted octanol–water partition coefficient (Wildman–Crippen LogP) is 10.4. The first-order valence-corrected chi connectivity index (χ1v) is 23.4. The molecule has 1 N–H and O–H groups in total. The first-order chi connectivity index (χ1) is 25.4. The number of rotatable bonds is 10. The number of ketones is 1. The summed E-state index contributed by atoms with van der Waals surface area (Å²) in [6, 6.07) is 7.58. The van der Waals surface area contributed by atoms with E-state index in [1.165, 1.54) is 68.1 Å². The van der Waals surface area contributed by atoms with E-state index in [0.717, 1.165) is 38.9 Å². The van der Waals surface area contributed by atoms with Crippen molar-refractivity contribution in [3.05, 3.63) is 65.8 Å². The number of unbranched alkanes of at least 4 members (excludes halogenated alkanes) is 1. The van der Waals surface area contributed by atoms with Crippen LogP contribution in [0.2, 0.25) is 0 Å². The number of benzene rings is 1. The van der Waals surface area contributed by atoms with Gasteiger partial charge in [-0.05, 0) is 185 Å². The molecule has 6 heteroatoms. The van der Waals surface area contributed by atoms with Gasteiger partial charge in [-0.1, -0.05) is 71.1 Å². The third-order valence-electron chi connectivity index (χ3n) is 17.5. The smallest absolute Gasteiger partial charge is 0.335 e. The third-order valence-corrected chi connectivity index (χ3v) is 19.3. The van der Waals surface area contributed by atoms with Crippen molar-refractivity contribution in [1.82, 2.24) is 4.90 Å². The molecule has 5 nitrogen and oxygen atoms in total. The van der Waals surface area contributed by atoms with Gasteiger partial charge in [0.1, 0.15) is 0 Å². The number of carbonyl (C=O) groups excluding carboxylic acids is 1. The average Bonchev–Trinajstić information content (AvgIpc) is 3.50. The molecule has 1 aliphatic heterocycles. The highest BCUT2D eigenvalue weighted by Gasteiger charge is 2.70. The first kappa shape index (κ1) is 39.8. The lowest BCUT2D eigenvalue weighted by atomic mass is 9.32. The van der Waals surface area contributed by atoms with Crippen LogP contribution < -0.4 is 0 Å². The van der Waals surface area contributed by atoms with E-state index in [1.807, 2.05) is 18.2 Å². The van der Waals surface area contributed by atoms with Crippen molar-refractivity contribution >= 4 is 32.7 Å². The topological polar surface area (TPSA) is 74.7 Å². The Morgan fingerprint density at radius 2 is 1.61 bits per heavy atom. The second-order valence-electron chi connectivity index (χ2n) is 20.3. The summed E-state index contributed by atoms with van der Waals surface area (Å²) in [4.78, 5) is 27.4. The van der Waals surface area contributed by atoms with Gasteiger partial charge < -0.3 is 10.0 Å². The van der Waals surface area contributed by atoms with Crippen molar-refractivity contribution < 1.29 is 18.9 Å². The Balaban J connectivity index is 1.08. The zero-order valence-corrected chi connectivity index (χ0v) is 35.2. The number of carboxylic acid groups (broad SMARTS) is 1. The fourth-order valence-corrected chi connectivity index (χ4v) is 15.8. The van der Waals surface area contributed by atoms with Gasteiger partial charge in [0.25, 0.3) is 0 Å². The fourth-order valence-electron chi connectivity index (χ4n) is 14.4. The van der Waals surface area contributed by atoms with E-state index in [0.29, 0.717) is 53.1 Å². The molecule has 1 heterocycles. The summed E-state index contributed by atoms with van der Waals surface area (Å²) in [6.07, 6.45) is 20.4. The van der Waals surface area contributed by atoms with E-state index in [2.05, 4.69) is 71.0 Å². The average molecular weight is 756 g/mol. The molecular formula is C48H69NO4S. The van der Waals surface area contributed by atoms with Crippen LogP contribution in [0, 0.1) is 56.7 Å². The van der Waals surface area contributed by atoms with Crippen LogP contribution in [0.15, 0.2) is 54.6 Å². The van der Waals surface area contributed by atoms with Crippen molar-refractivity contribution in [2.75, 3.05) is 31.1 Å². The molecule has 0 radical (unpaired) electrons. The highest BCUT2D eigenvalue weighted by atomic mass is 32.2.